The molecule has 2 aromatic rings. The lowest BCUT2D eigenvalue weighted by Gasteiger charge is -2.26. The van der Waals surface area contributed by atoms with Crippen molar-refractivity contribution in [1.82, 2.24) is 4.90 Å². The fourth-order valence-corrected chi connectivity index (χ4v) is 5.65. The van der Waals surface area contributed by atoms with Crippen molar-refractivity contribution in [2.45, 2.75) is 19.4 Å². The van der Waals surface area contributed by atoms with Gasteiger partial charge in [0.25, 0.3) is 0 Å². The van der Waals surface area contributed by atoms with Gasteiger partial charge in [-0.1, -0.05) is 24.3 Å². The van der Waals surface area contributed by atoms with Crippen LogP contribution >= 0.6 is 0 Å². The number of nitrogens with zero attached hydrogens (tertiary/aromatic N) is 3. The Morgan fingerprint density at radius 3 is 2.52 bits per heavy atom. The van der Waals surface area contributed by atoms with Gasteiger partial charge in [0.15, 0.2) is 0 Å². The average Bonchev–Trinajstić information content (AvgIpc) is 3.53. The molecule has 1 saturated carbocycles. The minimum Gasteiger partial charge on any atom is -0.379 e. The maximum absolute atomic E-state index is 12.9. The van der Waals surface area contributed by atoms with Gasteiger partial charge in [0, 0.05) is 33.2 Å². The van der Waals surface area contributed by atoms with Gasteiger partial charge in [0.1, 0.15) is 0 Å². The van der Waals surface area contributed by atoms with Crippen LogP contribution in [0.4, 0.5) is 11.4 Å². The molecule has 0 spiro atoms. The molecule has 29 heavy (non-hydrogen) atoms. The molecule has 3 aliphatic rings. The topological polar surface area (TPSA) is 53.1 Å². The highest BCUT2D eigenvalue weighted by Crippen LogP contribution is 2.44. The SMILES string of the molecule is CN1c2cc(-c3cccc(CN4CCOCC4)c3)ccc2N(CC2CC2)S1(=O)=O. The molecule has 5 rings (SSSR count). The van der Waals surface area contributed by atoms with Crippen LogP contribution in [0.5, 0.6) is 0 Å². The highest BCUT2D eigenvalue weighted by Gasteiger charge is 2.40. The minimum absolute atomic E-state index is 0.501. The lowest BCUT2D eigenvalue weighted by Crippen LogP contribution is -2.36. The van der Waals surface area contributed by atoms with Gasteiger partial charge in [-0.2, -0.15) is 8.42 Å². The first-order chi connectivity index (χ1) is 14.0. The zero-order chi connectivity index (χ0) is 20.0. The van der Waals surface area contributed by atoms with Crippen LogP contribution < -0.4 is 8.61 Å². The van der Waals surface area contributed by atoms with Crippen LogP contribution in [0.3, 0.4) is 0 Å². The van der Waals surface area contributed by atoms with E-state index in [-0.39, 0.29) is 0 Å². The van der Waals surface area contributed by atoms with Gasteiger partial charge in [-0.05, 0) is 53.6 Å². The fraction of sp³-hybridized carbons (Fsp3) is 0.455. The number of anilines is 2. The molecule has 0 atom stereocenters. The van der Waals surface area contributed by atoms with Crippen molar-refractivity contribution in [3.63, 3.8) is 0 Å². The molecule has 0 radical (unpaired) electrons. The van der Waals surface area contributed by atoms with Crippen LogP contribution in [0.2, 0.25) is 0 Å². The van der Waals surface area contributed by atoms with Gasteiger partial charge < -0.3 is 4.74 Å². The number of morpholine rings is 1. The highest BCUT2D eigenvalue weighted by atomic mass is 32.2. The third-order valence-electron chi connectivity index (χ3n) is 6.10. The summed E-state index contributed by atoms with van der Waals surface area (Å²) in [4.78, 5) is 2.40. The number of fused-ring (bicyclic) bond motifs is 1. The molecule has 0 unspecified atom stereocenters. The number of ether oxygens (including phenoxy) is 1. The second-order valence-corrected chi connectivity index (χ2v) is 10.1. The first-order valence-electron chi connectivity index (χ1n) is 10.3. The average molecular weight is 414 g/mol. The molecule has 154 valence electrons. The molecule has 6 nitrogen and oxygen atoms in total. The normalized spacial score (nSPS) is 21.4. The fourth-order valence-electron chi connectivity index (χ4n) is 4.16. The third-order valence-corrected chi connectivity index (χ3v) is 7.89. The summed E-state index contributed by atoms with van der Waals surface area (Å²) in [7, 11) is -1.81. The van der Waals surface area contributed by atoms with E-state index in [1.54, 1.807) is 11.4 Å². The molecule has 2 heterocycles. The van der Waals surface area contributed by atoms with Gasteiger partial charge >= 0.3 is 10.2 Å². The molecule has 2 aliphatic heterocycles. The summed E-state index contributed by atoms with van der Waals surface area (Å²) >= 11 is 0. The minimum atomic E-state index is -3.46. The van der Waals surface area contributed by atoms with Crippen LogP contribution in [0, 0.1) is 5.92 Å². The van der Waals surface area contributed by atoms with E-state index >= 15 is 0 Å². The van der Waals surface area contributed by atoms with Crippen molar-refractivity contribution in [2.24, 2.45) is 5.92 Å². The number of benzene rings is 2. The first-order valence-corrected chi connectivity index (χ1v) is 11.7. The maximum Gasteiger partial charge on any atom is 0.326 e. The molecule has 2 fully saturated rings. The largest absolute Gasteiger partial charge is 0.379 e. The Bertz CT molecular complexity index is 1010. The van der Waals surface area contributed by atoms with Crippen molar-refractivity contribution >= 4 is 21.6 Å². The van der Waals surface area contributed by atoms with E-state index in [4.69, 9.17) is 4.74 Å². The van der Waals surface area contributed by atoms with Gasteiger partial charge in [-0.3, -0.25) is 13.5 Å². The molecule has 2 aromatic carbocycles. The van der Waals surface area contributed by atoms with E-state index in [2.05, 4.69) is 29.2 Å². The Kier molecular flexibility index (Phi) is 4.76. The predicted molar refractivity (Wildman–Crippen MR) is 115 cm³/mol. The van der Waals surface area contributed by atoms with Crippen molar-refractivity contribution in [3.05, 3.63) is 48.0 Å². The quantitative estimate of drug-likeness (QED) is 0.756. The predicted octanol–water partition coefficient (Wildman–Crippen LogP) is 3.10. The van der Waals surface area contributed by atoms with Crippen LogP contribution in [0.1, 0.15) is 18.4 Å². The van der Waals surface area contributed by atoms with Crippen LogP contribution in [0.15, 0.2) is 42.5 Å². The van der Waals surface area contributed by atoms with Gasteiger partial charge in [-0.25, -0.2) is 0 Å². The van der Waals surface area contributed by atoms with E-state index in [9.17, 15) is 8.42 Å². The smallest absolute Gasteiger partial charge is 0.326 e. The molecule has 1 aliphatic carbocycles. The van der Waals surface area contributed by atoms with E-state index in [1.807, 2.05) is 18.2 Å². The van der Waals surface area contributed by atoms with Gasteiger partial charge in [0.2, 0.25) is 0 Å². The summed E-state index contributed by atoms with van der Waals surface area (Å²) in [5.74, 6) is 0.501. The Morgan fingerprint density at radius 1 is 1.00 bits per heavy atom. The zero-order valence-electron chi connectivity index (χ0n) is 16.8. The molecule has 0 N–H and O–H groups in total. The monoisotopic (exact) mass is 413 g/mol. The lowest BCUT2D eigenvalue weighted by atomic mass is 10.0. The molecule has 0 amide bonds. The summed E-state index contributed by atoms with van der Waals surface area (Å²) in [6, 6.07) is 14.6. The van der Waals surface area contributed by atoms with E-state index < -0.39 is 10.2 Å². The van der Waals surface area contributed by atoms with E-state index in [0.29, 0.717) is 12.5 Å². The number of hydrogen-bond acceptors (Lipinski definition) is 4. The number of hydrogen-bond donors (Lipinski definition) is 0. The summed E-state index contributed by atoms with van der Waals surface area (Å²) in [5.41, 5.74) is 4.99. The molecular weight excluding hydrogens is 386 g/mol. The molecule has 0 aromatic heterocycles. The van der Waals surface area contributed by atoms with E-state index in [0.717, 1.165) is 68.2 Å². The summed E-state index contributed by atoms with van der Waals surface area (Å²) < 4.78 is 34.2. The molecule has 1 saturated heterocycles. The van der Waals surface area contributed by atoms with E-state index in [1.165, 1.54) is 9.87 Å². The first kappa shape index (κ1) is 18.9. The van der Waals surface area contributed by atoms with Gasteiger partial charge in [-0.15, -0.1) is 0 Å². The summed E-state index contributed by atoms with van der Waals surface area (Å²) in [6.45, 7) is 5.01. The van der Waals surface area contributed by atoms with Crippen LogP contribution in [-0.2, 0) is 21.5 Å². The summed E-state index contributed by atoms with van der Waals surface area (Å²) in [6.07, 6.45) is 2.25. The van der Waals surface area contributed by atoms with Gasteiger partial charge in [0.05, 0.1) is 24.6 Å². The second-order valence-electron chi connectivity index (χ2n) is 8.24. The number of rotatable bonds is 5. The Morgan fingerprint density at radius 2 is 1.76 bits per heavy atom. The molecule has 0 bridgehead atoms. The lowest BCUT2D eigenvalue weighted by molar-refractivity contribution is 0.0342. The second kappa shape index (κ2) is 7.31. The highest BCUT2D eigenvalue weighted by molar-refractivity contribution is 7.94. The molecule has 7 heteroatoms. The Labute approximate surface area is 172 Å². The zero-order valence-corrected chi connectivity index (χ0v) is 17.6. The van der Waals surface area contributed by atoms with Crippen LogP contribution in [-0.4, -0.2) is 53.2 Å². The summed E-state index contributed by atoms with van der Waals surface area (Å²) in [5, 5.41) is 0. The van der Waals surface area contributed by atoms with Crippen molar-refractivity contribution in [3.8, 4) is 11.1 Å². The third kappa shape index (κ3) is 3.63. The standard InChI is InChI=1S/C22H27N3O3S/c1-23-22-14-20(7-8-21(22)25(29(23,26)27)16-17-5-6-17)19-4-2-3-18(13-19)15-24-9-11-28-12-10-24/h2-4,7-8,13-14,17H,5-6,9-12,15-16H2,1H3. The van der Waals surface area contributed by atoms with Crippen molar-refractivity contribution < 1.29 is 13.2 Å². The van der Waals surface area contributed by atoms with Crippen molar-refractivity contribution in [1.29, 1.82) is 0 Å². The molecular formula is C22H27N3O3S. The Balaban J connectivity index is 1.43. The Hall–Kier alpha value is -2.09. The van der Waals surface area contributed by atoms with Crippen LogP contribution in [0.25, 0.3) is 11.1 Å². The maximum atomic E-state index is 12.9. The van der Waals surface area contributed by atoms with Crippen molar-refractivity contribution in [2.75, 3.05) is 48.5 Å².